The molecule has 0 radical (unpaired) electrons. The van der Waals surface area contributed by atoms with E-state index in [0.29, 0.717) is 6.54 Å². The van der Waals surface area contributed by atoms with Crippen molar-refractivity contribution in [2.45, 2.75) is 6.54 Å². The Morgan fingerprint density at radius 3 is 2.39 bits per heavy atom. The van der Waals surface area contributed by atoms with Gasteiger partial charge in [-0.25, -0.2) is 9.55 Å². The zero-order valence-corrected chi connectivity index (χ0v) is 16.7. The molecule has 4 rings (SSSR count). The van der Waals surface area contributed by atoms with E-state index in [1.54, 1.807) is 0 Å². The van der Waals surface area contributed by atoms with E-state index < -0.39 is 0 Å². The van der Waals surface area contributed by atoms with Gasteiger partial charge in [0.2, 0.25) is 0 Å². The van der Waals surface area contributed by atoms with E-state index in [4.69, 9.17) is 16.6 Å². The number of aromatic nitrogens is 2. The number of benzene rings is 3. The second kappa shape index (κ2) is 7.87. The number of imidazole rings is 1. The average Bonchev–Trinajstić information content (AvgIpc) is 3.06. The first-order valence-electron chi connectivity index (χ1n) is 9.16. The number of H-pyrrole nitrogens is 1. The number of aliphatic imine (C=N–C) groups is 1. The summed E-state index contributed by atoms with van der Waals surface area (Å²) in [5.74, 6) is 0.813. The molecule has 1 heterocycles. The van der Waals surface area contributed by atoms with Gasteiger partial charge >= 0.3 is 5.95 Å². The van der Waals surface area contributed by atoms with Crippen LogP contribution in [-0.2, 0) is 6.54 Å². The molecule has 3 aromatic carbocycles. The zero-order valence-electron chi connectivity index (χ0n) is 15.9. The van der Waals surface area contributed by atoms with E-state index >= 15 is 0 Å². The summed E-state index contributed by atoms with van der Waals surface area (Å²) in [6.45, 7) is 0.716. The van der Waals surface area contributed by atoms with Crippen LogP contribution in [-0.4, -0.2) is 25.3 Å². The minimum Gasteiger partial charge on any atom is -0.378 e. The summed E-state index contributed by atoms with van der Waals surface area (Å²) < 4.78 is 2.18. The summed E-state index contributed by atoms with van der Waals surface area (Å²) in [4.78, 5) is 10.3. The molecule has 28 heavy (non-hydrogen) atoms. The molecule has 0 aliphatic heterocycles. The van der Waals surface area contributed by atoms with Crippen molar-refractivity contribution in [3.8, 4) is 0 Å². The van der Waals surface area contributed by atoms with Crippen LogP contribution >= 0.6 is 11.6 Å². The Labute approximate surface area is 169 Å². The Balaban J connectivity index is 1.68. The van der Waals surface area contributed by atoms with E-state index in [2.05, 4.69) is 50.8 Å². The van der Waals surface area contributed by atoms with Gasteiger partial charge in [0.05, 0.1) is 6.54 Å². The third kappa shape index (κ3) is 3.92. The highest BCUT2D eigenvalue weighted by Crippen LogP contribution is 2.17. The fourth-order valence-electron chi connectivity index (χ4n) is 3.15. The minimum atomic E-state index is 0.716. The number of halogens is 1. The smallest absolute Gasteiger partial charge is 0.378 e. The molecule has 0 spiro atoms. The third-order valence-electron chi connectivity index (χ3n) is 4.70. The predicted molar refractivity (Wildman–Crippen MR) is 117 cm³/mol. The molecule has 1 aromatic heterocycles. The van der Waals surface area contributed by atoms with Crippen LogP contribution in [0.3, 0.4) is 0 Å². The summed E-state index contributed by atoms with van der Waals surface area (Å²) >= 11 is 6.03. The predicted octanol–water partition coefficient (Wildman–Crippen LogP) is 4.97. The number of para-hydroxylation sites is 2. The summed E-state index contributed by atoms with van der Waals surface area (Å²) in [6.07, 6.45) is 1.89. The fraction of sp³-hybridized carbons (Fsp3) is 0.130. The minimum absolute atomic E-state index is 0.716. The largest absolute Gasteiger partial charge is 0.397 e. The van der Waals surface area contributed by atoms with Gasteiger partial charge in [-0.2, -0.15) is 0 Å². The second-order valence-electron chi connectivity index (χ2n) is 6.92. The molecular weight excluding hydrogens is 368 g/mol. The van der Waals surface area contributed by atoms with Gasteiger partial charge in [0, 0.05) is 30.4 Å². The number of aromatic amines is 1. The fourth-order valence-corrected chi connectivity index (χ4v) is 3.27. The van der Waals surface area contributed by atoms with Crippen molar-refractivity contribution in [1.29, 1.82) is 0 Å². The molecule has 0 unspecified atom stereocenters. The molecule has 0 fully saturated rings. The molecule has 0 bridgehead atoms. The number of fused-ring (bicyclic) bond motifs is 1. The Morgan fingerprint density at radius 2 is 1.68 bits per heavy atom. The molecule has 0 saturated carbocycles. The van der Waals surface area contributed by atoms with E-state index in [1.165, 1.54) is 11.3 Å². The summed E-state index contributed by atoms with van der Waals surface area (Å²) in [5, 5.41) is 0.743. The number of nitrogens with zero attached hydrogens (tertiary/aromatic N) is 3. The van der Waals surface area contributed by atoms with Gasteiger partial charge in [-0.05, 0) is 54.1 Å². The van der Waals surface area contributed by atoms with Crippen molar-refractivity contribution in [1.82, 2.24) is 4.98 Å². The lowest BCUT2D eigenvalue weighted by Gasteiger charge is -2.11. The van der Waals surface area contributed by atoms with Crippen LogP contribution in [0.4, 0.5) is 11.6 Å². The Kier molecular flexibility index (Phi) is 5.13. The van der Waals surface area contributed by atoms with Crippen LogP contribution in [0.5, 0.6) is 0 Å². The molecule has 5 heteroatoms. The van der Waals surface area contributed by atoms with E-state index in [-0.39, 0.29) is 0 Å². The van der Waals surface area contributed by atoms with Gasteiger partial charge in [0.15, 0.2) is 0 Å². The number of rotatable bonds is 5. The van der Waals surface area contributed by atoms with Gasteiger partial charge in [-0.3, -0.25) is 0 Å². The molecule has 0 aliphatic rings. The number of anilines is 1. The van der Waals surface area contributed by atoms with Gasteiger partial charge < -0.3 is 4.90 Å². The molecule has 140 valence electrons. The van der Waals surface area contributed by atoms with Crippen LogP contribution in [0, 0.1) is 0 Å². The Morgan fingerprint density at radius 1 is 0.964 bits per heavy atom. The monoisotopic (exact) mass is 389 g/mol. The standard InChI is InChI=1S/C23H21ClN4/c1-27(2)20-13-9-17(10-14-20)15-25-23-26-21-5-3-4-6-22(21)28(23)16-18-7-11-19(24)12-8-18/h3-15H,16H2,1-2H3/p+1. The molecule has 0 atom stereocenters. The zero-order chi connectivity index (χ0) is 19.5. The van der Waals surface area contributed by atoms with Crippen molar-refractivity contribution in [2.24, 2.45) is 4.99 Å². The van der Waals surface area contributed by atoms with Crippen molar-refractivity contribution >= 4 is 40.5 Å². The normalized spacial score (nSPS) is 11.4. The molecule has 0 aliphatic carbocycles. The molecule has 0 saturated heterocycles. The summed E-state index contributed by atoms with van der Waals surface area (Å²) in [6, 6.07) is 24.5. The molecular formula is C23H22ClN4+. The third-order valence-corrected chi connectivity index (χ3v) is 4.95. The van der Waals surface area contributed by atoms with Gasteiger partial charge in [0.1, 0.15) is 17.2 Å². The molecule has 1 N–H and O–H groups in total. The van der Waals surface area contributed by atoms with Crippen molar-refractivity contribution in [3.05, 3.63) is 88.9 Å². The Bertz CT molecular complexity index is 1110. The quantitative estimate of drug-likeness (QED) is 0.379. The maximum atomic E-state index is 6.03. The van der Waals surface area contributed by atoms with Crippen LogP contribution in [0.2, 0.25) is 5.02 Å². The highest BCUT2D eigenvalue weighted by atomic mass is 35.5. The highest BCUT2D eigenvalue weighted by Gasteiger charge is 2.17. The highest BCUT2D eigenvalue weighted by molar-refractivity contribution is 6.30. The van der Waals surface area contributed by atoms with Gasteiger partial charge in [0.25, 0.3) is 0 Å². The lowest BCUT2D eigenvalue weighted by Crippen LogP contribution is -2.33. The van der Waals surface area contributed by atoms with Crippen molar-refractivity contribution < 1.29 is 4.57 Å². The first-order chi connectivity index (χ1) is 13.6. The van der Waals surface area contributed by atoms with Gasteiger partial charge in [-0.15, -0.1) is 0 Å². The maximum absolute atomic E-state index is 6.03. The SMILES string of the molecule is CN(C)c1ccc(C=Nc2[nH]c3ccccc3[n+]2Cc2ccc(Cl)cc2)cc1. The molecule has 0 amide bonds. The maximum Gasteiger partial charge on any atom is 0.397 e. The number of hydrogen-bond acceptors (Lipinski definition) is 2. The lowest BCUT2D eigenvalue weighted by atomic mass is 10.2. The number of nitrogens with one attached hydrogen (secondary N) is 1. The van der Waals surface area contributed by atoms with Crippen LogP contribution in [0.25, 0.3) is 11.0 Å². The summed E-state index contributed by atoms with van der Waals surface area (Å²) in [7, 11) is 4.07. The Hall–Kier alpha value is -3.11. The van der Waals surface area contributed by atoms with E-state index in [9.17, 15) is 0 Å². The molecule has 4 aromatic rings. The van der Waals surface area contributed by atoms with Crippen LogP contribution in [0.15, 0.2) is 77.8 Å². The first kappa shape index (κ1) is 18.3. The first-order valence-corrected chi connectivity index (χ1v) is 9.54. The van der Waals surface area contributed by atoms with Gasteiger partial charge in [-0.1, -0.05) is 40.9 Å². The number of hydrogen-bond donors (Lipinski definition) is 1. The summed E-state index contributed by atoms with van der Waals surface area (Å²) in [5.41, 5.74) is 5.58. The van der Waals surface area contributed by atoms with Crippen LogP contribution < -0.4 is 9.47 Å². The van der Waals surface area contributed by atoms with Crippen molar-refractivity contribution in [3.63, 3.8) is 0 Å². The molecule has 4 nitrogen and oxygen atoms in total. The second-order valence-corrected chi connectivity index (χ2v) is 7.36. The average molecular weight is 390 g/mol. The lowest BCUT2D eigenvalue weighted by molar-refractivity contribution is -0.648. The van der Waals surface area contributed by atoms with Crippen molar-refractivity contribution in [2.75, 3.05) is 19.0 Å². The van der Waals surface area contributed by atoms with E-state index in [0.717, 1.165) is 27.6 Å². The van der Waals surface area contributed by atoms with Crippen LogP contribution in [0.1, 0.15) is 11.1 Å². The van der Waals surface area contributed by atoms with E-state index in [1.807, 2.05) is 56.7 Å². The topological polar surface area (TPSA) is 35.3 Å².